The molecule has 11 heteroatoms. The Labute approximate surface area is 179 Å². The number of aryl methyl sites for hydroxylation is 1. The van der Waals surface area contributed by atoms with Crippen LogP contribution < -0.4 is 20.7 Å². The van der Waals surface area contributed by atoms with Gasteiger partial charge in [0.1, 0.15) is 11.6 Å². The number of pyridine rings is 1. The number of carbonyl (C=O) groups excluding carboxylic acids is 1. The number of nitrogens with zero attached hydrogens (tertiary/aromatic N) is 3. The lowest BCUT2D eigenvalue weighted by Gasteiger charge is -2.17. The van der Waals surface area contributed by atoms with Crippen molar-refractivity contribution in [2.45, 2.75) is 17.7 Å². The Kier molecular flexibility index (Phi) is 6.05. The average molecular weight is 440 g/mol. The van der Waals surface area contributed by atoms with Gasteiger partial charge in [0.05, 0.1) is 4.90 Å². The summed E-state index contributed by atoms with van der Waals surface area (Å²) in [5, 5.41) is 16.9. The summed E-state index contributed by atoms with van der Waals surface area (Å²) in [6.07, 6.45) is 2.55. The Bertz CT molecular complexity index is 1170. The fraction of sp³-hybridized carbons (Fsp3) is 0.200. The van der Waals surface area contributed by atoms with Crippen LogP contribution in [0.25, 0.3) is 0 Å². The molecule has 3 aromatic rings. The van der Waals surface area contributed by atoms with Gasteiger partial charge in [0.2, 0.25) is 15.9 Å². The molecular formula is C20H21N7O3S. The molecule has 1 aromatic carbocycles. The molecule has 0 atom stereocenters. The minimum Gasteiger partial charge on any atom is -0.367 e. The Morgan fingerprint density at radius 2 is 1.77 bits per heavy atom. The second-order valence-electron chi connectivity index (χ2n) is 6.84. The highest BCUT2D eigenvalue weighted by Gasteiger charge is 2.19. The number of anilines is 4. The van der Waals surface area contributed by atoms with Crippen LogP contribution in [0.3, 0.4) is 0 Å². The number of nitrogens with one attached hydrogen (secondary N) is 4. The molecule has 0 aliphatic carbocycles. The number of rotatable bonds is 8. The Morgan fingerprint density at radius 3 is 2.55 bits per heavy atom. The molecule has 0 fully saturated rings. The van der Waals surface area contributed by atoms with Gasteiger partial charge in [-0.15, -0.1) is 10.2 Å². The van der Waals surface area contributed by atoms with Crippen LogP contribution in [0.4, 0.5) is 23.1 Å². The van der Waals surface area contributed by atoms with Gasteiger partial charge in [-0.3, -0.25) is 4.79 Å². The lowest BCUT2D eigenvalue weighted by molar-refractivity contribution is -0.116. The first kappa shape index (κ1) is 20.7. The maximum absolute atomic E-state index is 12.5. The fourth-order valence-corrected chi connectivity index (χ4v) is 4.13. The third kappa shape index (κ3) is 5.32. The molecule has 4 rings (SSSR count). The zero-order valence-corrected chi connectivity index (χ0v) is 17.3. The normalized spacial score (nSPS) is 13.2. The summed E-state index contributed by atoms with van der Waals surface area (Å²) in [7, 11) is -3.66. The number of fused-ring (bicyclic) bond motifs is 1. The largest absolute Gasteiger partial charge is 0.367 e. The first-order valence-corrected chi connectivity index (χ1v) is 11.2. The monoisotopic (exact) mass is 439 g/mol. The van der Waals surface area contributed by atoms with Crippen LogP contribution in [0.2, 0.25) is 0 Å². The number of hydrogen-bond acceptors (Lipinski definition) is 8. The van der Waals surface area contributed by atoms with E-state index in [9.17, 15) is 13.2 Å². The van der Waals surface area contributed by atoms with Crippen molar-refractivity contribution < 1.29 is 13.2 Å². The lowest BCUT2D eigenvalue weighted by Crippen LogP contribution is -2.29. The molecule has 31 heavy (non-hydrogen) atoms. The molecule has 0 unspecified atom stereocenters. The summed E-state index contributed by atoms with van der Waals surface area (Å²) in [4.78, 5) is 15.8. The average Bonchev–Trinajstić information content (AvgIpc) is 2.78. The molecule has 0 bridgehead atoms. The number of aromatic nitrogens is 3. The first-order chi connectivity index (χ1) is 15.0. The van der Waals surface area contributed by atoms with Crippen molar-refractivity contribution in [3.05, 3.63) is 60.3 Å². The molecule has 3 heterocycles. The van der Waals surface area contributed by atoms with Crippen molar-refractivity contribution in [2.75, 3.05) is 29.0 Å². The van der Waals surface area contributed by atoms with Crippen molar-refractivity contribution in [1.82, 2.24) is 19.9 Å². The van der Waals surface area contributed by atoms with E-state index in [-0.39, 0.29) is 17.3 Å². The minimum atomic E-state index is -3.66. The van der Waals surface area contributed by atoms with Crippen LogP contribution in [0.15, 0.2) is 59.6 Å². The van der Waals surface area contributed by atoms with E-state index in [2.05, 4.69) is 35.9 Å². The second kappa shape index (κ2) is 9.06. The maximum Gasteiger partial charge on any atom is 0.240 e. The quantitative estimate of drug-likeness (QED) is 0.391. The number of hydrogen-bond donors (Lipinski definition) is 4. The molecule has 1 aliphatic heterocycles. The Morgan fingerprint density at radius 1 is 0.935 bits per heavy atom. The highest BCUT2D eigenvalue weighted by atomic mass is 32.2. The number of carbonyl (C=O) groups is 1. The summed E-state index contributed by atoms with van der Waals surface area (Å²) in [5.74, 6) is 1.68. The van der Waals surface area contributed by atoms with Gasteiger partial charge in [-0.05, 0) is 54.4 Å². The van der Waals surface area contributed by atoms with Crippen LogP contribution in [0, 0.1) is 0 Å². The summed E-state index contributed by atoms with van der Waals surface area (Å²) >= 11 is 0. The van der Waals surface area contributed by atoms with Gasteiger partial charge >= 0.3 is 0 Å². The van der Waals surface area contributed by atoms with Gasteiger partial charge in [-0.1, -0.05) is 6.07 Å². The fourth-order valence-electron chi connectivity index (χ4n) is 3.05. The van der Waals surface area contributed by atoms with E-state index in [1.165, 1.54) is 6.07 Å². The predicted molar refractivity (Wildman–Crippen MR) is 117 cm³/mol. The number of amides is 1. The molecule has 2 aromatic heterocycles. The smallest absolute Gasteiger partial charge is 0.240 e. The zero-order valence-electron chi connectivity index (χ0n) is 16.5. The predicted octanol–water partition coefficient (Wildman–Crippen LogP) is 1.89. The minimum absolute atomic E-state index is 0.0593. The molecule has 0 saturated heterocycles. The summed E-state index contributed by atoms with van der Waals surface area (Å²) < 4.78 is 27.6. The van der Waals surface area contributed by atoms with E-state index in [1.54, 1.807) is 30.5 Å². The van der Waals surface area contributed by atoms with E-state index < -0.39 is 10.0 Å². The first-order valence-electron chi connectivity index (χ1n) is 9.68. The van der Waals surface area contributed by atoms with Crippen molar-refractivity contribution in [1.29, 1.82) is 0 Å². The van der Waals surface area contributed by atoms with Crippen molar-refractivity contribution in [3.63, 3.8) is 0 Å². The van der Waals surface area contributed by atoms with E-state index in [4.69, 9.17) is 0 Å². The van der Waals surface area contributed by atoms with E-state index in [0.717, 1.165) is 5.56 Å². The lowest BCUT2D eigenvalue weighted by atomic mass is 10.0. The summed E-state index contributed by atoms with van der Waals surface area (Å²) in [6.45, 7) is 0.508. The van der Waals surface area contributed by atoms with Gasteiger partial charge in [-0.25, -0.2) is 18.1 Å². The molecule has 10 nitrogen and oxygen atoms in total. The van der Waals surface area contributed by atoms with Gasteiger partial charge in [0.25, 0.3) is 0 Å². The molecule has 1 aliphatic rings. The third-order valence-corrected chi connectivity index (χ3v) is 6.05. The molecule has 0 radical (unpaired) electrons. The number of benzene rings is 1. The van der Waals surface area contributed by atoms with E-state index in [0.29, 0.717) is 42.5 Å². The standard InChI is InChI=1S/C20H21N7O3S/c28-20-9-4-14-13-15(5-6-16(14)24-20)31(29,30)23-12-11-22-18-7-8-19(27-26-18)25-17-3-1-2-10-21-17/h1-3,5-8,10,13,23H,4,9,11-12H2,(H,22,26)(H,24,28)(H,21,25,27). The highest BCUT2D eigenvalue weighted by Crippen LogP contribution is 2.25. The maximum atomic E-state index is 12.5. The van der Waals surface area contributed by atoms with Crippen LogP contribution in [-0.4, -0.2) is 42.6 Å². The van der Waals surface area contributed by atoms with Crippen molar-refractivity contribution in [3.8, 4) is 0 Å². The van der Waals surface area contributed by atoms with Crippen molar-refractivity contribution in [2.24, 2.45) is 0 Å². The Balaban J connectivity index is 1.28. The van der Waals surface area contributed by atoms with E-state index in [1.807, 2.05) is 18.2 Å². The van der Waals surface area contributed by atoms with Crippen LogP contribution >= 0.6 is 0 Å². The topological polar surface area (TPSA) is 138 Å². The zero-order chi connectivity index (χ0) is 21.7. The van der Waals surface area contributed by atoms with Crippen molar-refractivity contribution >= 4 is 39.1 Å². The molecule has 0 saturated carbocycles. The van der Waals surface area contributed by atoms with Gasteiger partial charge in [-0.2, -0.15) is 0 Å². The van der Waals surface area contributed by atoms with Crippen LogP contribution in [0.5, 0.6) is 0 Å². The second-order valence-corrected chi connectivity index (χ2v) is 8.60. The van der Waals surface area contributed by atoms with Gasteiger partial charge < -0.3 is 16.0 Å². The van der Waals surface area contributed by atoms with E-state index >= 15 is 0 Å². The van der Waals surface area contributed by atoms with Crippen LogP contribution in [0.1, 0.15) is 12.0 Å². The van der Waals surface area contributed by atoms with Crippen LogP contribution in [-0.2, 0) is 21.2 Å². The Hall–Kier alpha value is -3.57. The highest BCUT2D eigenvalue weighted by molar-refractivity contribution is 7.89. The molecular weight excluding hydrogens is 418 g/mol. The molecule has 4 N–H and O–H groups in total. The summed E-state index contributed by atoms with van der Waals surface area (Å²) in [5.41, 5.74) is 1.48. The molecule has 1 amide bonds. The van der Waals surface area contributed by atoms with Gasteiger partial charge in [0.15, 0.2) is 5.82 Å². The number of sulfonamides is 1. The molecule has 160 valence electrons. The van der Waals surface area contributed by atoms with Gasteiger partial charge in [0, 0.05) is 31.4 Å². The summed E-state index contributed by atoms with van der Waals surface area (Å²) in [6, 6.07) is 13.7. The third-order valence-electron chi connectivity index (χ3n) is 4.59. The SMILES string of the molecule is O=C1CCc2cc(S(=O)(=O)NCCNc3ccc(Nc4ccccn4)nn3)ccc2N1. The molecule has 0 spiro atoms.